The van der Waals surface area contributed by atoms with Crippen molar-refractivity contribution in [3.8, 4) is 0 Å². The van der Waals surface area contributed by atoms with Crippen molar-refractivity contribution < 1.29 is 18.4 Å². The molecule has 0 unspecified atom stereocenters. The van der Waals surface area contributed by atoms with Crippen molar-refractivity contribution in [1.29, 1.82) is 0 Å². The molecule has 8 nitrogen and oxygen atoms in total. The lowest BCUT2D eigenvalue weighted by Crippen LogP contribution is -2.43. The lowest BCUT2D eigenvalue weighted by molar-refractivity contribution is -0.124. The molecule has 1 aromatic carbocycles. The molecule has 1 aliphatic carbocycles. The molecular formula is C22H22F2N6O2. The number of hydrazine groups is 1. The number of piperidine rings is 1. The standard InChI is InChI=1S/C22H22F2N6O2/c1-12(2)20(31)27-28-21(32)15-11-25-30-8-6-18(26-19(15)30)29-7-5-13-10-22(13,29)16-9-14(23)3-4-17(16)24/h3-4,6,8-9,11-13H,5,7,10H2,1-2H3,(H,27,31)(H,28,32)/t13-,22+/m0/s1. The van der Waals surface area contributed by atoms with E-state index in [0.717, 1.165) is 18.6 Å². The number of halogens is 2. The summed E-state index contributed by atoms with van der Waals surface area (Å²) in [5.41, 5.74) is 4.94. The first kappa shape index (κ1) is 20.3. The van der Waals surface area contributed by atoms with Crippen molar-refractivity contribution >= 4 is 23.3 Å². The van der Waals surface area contributed by atoms with Crippen LogP contribution in [-0.4, -0.2) is 33.0 Å². The molecule has 32 heavy (non-hydrogen) atoms. The van der Waals surface area contributed by atoms with E-state index in [1.165, 1.54) is 16.8 Å². The maximum atomic E-state index is 14.6. The van der Waals surface area contributed by atoms with Gasteiger partial charge in [0.2, 0.25) is 5.91 Å². The van der Waals surface area contributed by atoms with Crippen molar-refractivity contribution in [3.63, 3.8) is 0 Å². The summed E-state index contributed by atoms with van der Waals surface area (Å²) in [6.45, 7) is 4.07. The minimum Gasteiger partial charge on any atom is -0.346 e. The molecule has 2 atom stereocenters. The van der Waals surface area contributed by atoms with Gasteiger partial charge in [0.1, 0.15) is 23.0 Å². The van der Waals surface area contributed by atoms with Crippen molar-refractivity contribution in [2.24, 2.45) is 11.8 Å². The highest BCUT2D eigenvalue weighted by Gasteiger charge is 2.64. The lowest BCUT2D eigenvalue weighted by atomic mass is 10.0. The van der Waals surface area contributed by atoms with Crippen LogP contribution < -0.4 is 15.8 Å². The summed E-state index contributed by atoms with van der Waals surface area (Å²) in [5, 5.41) is 4.15. The first-order valence-electron chi connectivity index (χ1n) is 10.5. The molecule has 166 valence electrons. The molecule has 1 aliphatic heterocycles. The largest absolute Gasteiger partial charge is 0.346 e. The summed E-state index contributed by atoms with van der Waals surface area (Å²) in [6.07, 6.45) is 4.60. The second-order valence-electron chi connectivity index (χ2n) is 8.60. The van der Waals surface area contributed by atoms with E-state index in [1.54, 1.807) is 26.1 Å². The molecule has 1 saturated heterocycles. The van der Waals surface area contributed by atoms with Crippen molar-refractivity contribution in [1.82, 2.24) is 25.4 Å². The topological polar surface area (TPSA) is 91.6 Å². The molecule has 0 radical (unpaired) electrons. The molecule has 3 heterocycles. The second kappa shape index (κ2) is 7.25. The minimum atomic E-state index is -0.634. The van der Waals surface area contributed by atoms with Gasteiger partial charge in [-0.2, -0.15) is 5.10 Å². The van der Waals surface area contributed by atoms with Gasteiger partial charge in [-0.3, -0.25) is 20.4 Å². The average Bonchev–Trinajstić information content (AvgIpc) is 3.15. The number of hydrogen-bond acceptors (Lipinski definition) is 5. The van der Waals surface area contributed by atoms with Gasteiger partial charge >= 0.3 is 0 Å². The molecule has 5 rings (SSSR count). The minimum absolute atomic E-state index is 0.188. The number of benzene rings is 1. The van der Waals surface area contributed by atoms with Gasteiger partial charge in [0, 0.05) is 24.2 Å². The second-order valence-corrected chi connectivity index (χ2v) is 8.60. The van der Waals surface area contributed by atoms with Gasteiger partial charge in [-0.15, -0.1) is 0 Å². The maximum absolute atomic E-state index is 14.6. The Morgan fingerprint density at radius 3 is 2.78 bits per heavy atom. The third-order valence-electron chi connectivity index (χ3n) is 6.35. The summed E-state index contributed by atoms with van der Waals surface area (Å²) in [4.78, 5) is 31.0. The van der Waals surface area contributed by atoms with Crippen LogP contribution in [0.3, 0.4) is 0 Å². The van der Waals surface area contributed by atoms with Gasteiger partial charge in [0.15, 0.2) is 5.65 Å². The quantitative estimate of drug-likeness (QED) is 0.609. The Labute approximate surface area is 182 Å². The van der Waals surface area contributed by atoms with Crippen molar-refractivity contribution in [2.75, 3.05) is 11.4 Å². The summed E-state index contributed by atoms with van der Waals surface area (Å²) in [7, 11) is 0. The first-order valence-corrected chi connectivity index (χ1v) is 10.5. The molecule has 0 spiro atoms. The highest BCUT2D eigenvalue weighted by atomic mass is 19.1. The van der Waals surface area contributed by atoms with E-state index in [4.69, 9.17) is 0 Å². The number of carbonyl (C=O) groups excluding carboxylic acids is 2. The number of nitrogens with zero attached hydrogens (tertiary/aromatic N) is 4. The van der Waals surface area contributed by atoms with Crippen LogP contribution in [-0.2, 0) is 10.3 Å². The van der Waals surface area contributed by atoms with E-state index >= 15 is 0 Å². The summed E-state index contributed by atoms with van der Waals surface area (Å²) >= 11 is 0. The zero-order chi connectivity index (χ0) is 22.6. The molecule has 10 heteroatoms. The predicted molar refractivity (Wildman–Crippen MR) is 112 cm³/mol. The van der Waals surface area contributed by atoms with E-state index < -0.39 is 23.1 Å². The predicted octanol–water partition coefficient (Wildman–Crippen LogP) is 2.55. The summed E-state index contributed by atoms with van der Waals surface area (Å²) in [5.74, 6) is -1.29. The van der Waals surface area contributed by atoms with Gasteiger partial charge in [-0.05, 0) is 43.0 Å². The molecule has 1 saturated carbocycles. The van der Waals surface area contributed by atoms with Crippen LogP contribution >= 0.6 is 0 Å². The summed E-state index contributed by atoms with van der Waals surface area (Å²) in [6, 6.07) is 5.29. The smallest absolute Gasteiger partial charge is 0.275 e. The highest BCUT2D eigenvalue weighted by molar-refractivity contribution is 6.00. The Morgan fingerprint density at radius 1 is 1.22 bits per heavy atom. The monoisotopic (exact) mass is 440 g/mol. The lowest BCUT2D eigenvalue weighted by Gasteiger charge is -2.30. The Hall–Kier alpha value is -3.56. The fourth-order valence-electron chi connectivity index (χ4n) is 4.60. The number of aromatic nitrogens is 3. The van der Waals surface area contributed by atoms with Crippen LogP contribution in [0, 0.1) is 23.5 Å². The fourth-order valence-corrected chi connectivity index (χ4v) is 4.60. The Morgan fingerprint density at radius 2 is 2.03 bits per heavy atom. The van der Waals surface area contributed by atoms with Crippen molar-refractivity contribution in [3.05, 3.63) is 59.4 Å². The normalized spacial score (nSPS) is 21.7. The molecule has 3 aromatic rings. The molecule has 2 N–H and O–H groups in total. The van der Waals surface area contributed by atoms with Gasteiger partial charge in [-0.25, -0.2) is 18.3 Å². The Kier molecular flexibility index (Phi) is 4.61. The van der Waals surface area contributed by atoms with Gasteiger partial charge in [0.25, 0.3) is 5.91 Å². The van der Waals surface area contributed by atoms with E-state index in [9.17, 15) is 18.4 Å². The first-order chi connectivity index (χ1) is 15.3. The SMILES string of the molecule is CC(C)C(=O)NNC(=O)c1cnn2ccc(N3CC[C@H]4C[C@]43c3cc(F)ccc3F)nc12. The Balaban J connectivity index is 1.48. The van der Waals surface area contributed by atoms with E-state index in [-0.39, 0.29) is 23.3 Å². The van der Waals surface area contributed by atoms with Crippen LogP contribution in [0.2, 0.25) is 0 Å². The number of amides is 2. The van der Waals surface area contributed by atoms with Crippen LogP contribution in [0.5, 0.6) is 0 Å². The fraction of sp³-hybridized carbons (Fsp3) is 0.364. The molecule has 0 bridgehead atoms. The Bertz CT molecular complexity index is 1240. The van der Waals surface area contributed by atoms with E-state index in [1.807, 2.05) is 4.90 Å². The van der Waals surface area contributed by atoms with Gasteiger partial charge in [0.05, 0.1) is 11.7 Å². The number of hydrogen-bond donors (Lipinski definition) is 2. The summed E-state index contributed by atoms with van der Waals surface area (Å²) < 4.78 is 30.0. The molecule has 2 fully saturated rings. The van der Waals surface area contributed by atoms with Crippen LogP contribution in [0.15, 0.2) is 36.7 Å². The van der Waals surface area contributed by atoms with Crippen LogP contribution in [0.1, 0.15) is 42.6 Å². The van der Waals surface area contributed by atoms with Crippen molar-refractivity contribution in [2.45, 2.75) is 32.2 Å². The number of rotatable bonds is 4. The number of nitrogens with one attached hydrogen (secondary N) is 2. The average molecular weight is 440 g/mol. The number of anilines is 1. The molecular weight excluding hydrogens is 418 g/mol. The van der Waals surface area contributed by atoms with E-state index in [0.29, 0.717) is 30.0 Å². The van der Waals surface area contributed by atoms with Gasteiger partial charge < -0.3 is 4.90 Å². The third kappa shape index (κ3) is 3.09. The molecule has 2 aromatic heterocycles. The number of carbonyl (C=O) groups is 2. The highest BCUT2D eigenvalue weighted by Crippen LogP contribution is 2.63. The van der Waals surface area contributed by atoms with Crippen LogP contribution in [0.4, 0.5) is 14.6 Å². The molecule has 2 aliphatic rings. The maximum Gasteiger partial charge on any atom is 0.275 e. The zero-order valence-corrected chi connectivity index (χ0v) is 17.6. The third-order valence-corrected chi connectivity index (χ3v) is 6.35. The molecule has 2 amide bonds. The van der Waals surface area contributed by atoms with Crippen LogP contribution in [0.25, 0.3) is 5.65 Å². The van der Waals surface area contributed by atoms with Gasteiger partial charge in [-0.1, -0.05) is 13.8 Å². The zero-order valence-electron chi connectivity index (χ0n) is 17.6. The number of fused-ring (bicyclic) bond motifs is 2. The van der Waals surface area contributed by atoms with E-state index in [2.05, 4.69) is 20.9 Å².